The second kappa shape index (κ2) is 10.5. The number of aliphatic hydroxyl groups excluding tert-OH is 1. The number of nitrogen functional groups attached to an aromatic ring is 1. The van der Waals surface area contributed by atoms with Gasteiger partial charge in [0.1, 0.15) is 5.69 Å². The minimum absolute atomic E-state index is 0.0749. The van der Waals surface area contributed by atoms with Crippen LogP contribution in [0.15, 0.2) is 42.9 Å². The molecule has 3 heterocycles. The molecule has 1 aliphatic rings. The Morgan fingerprint density at radius 2 is 1.97 bits per heavy atom. The molecule has 0 bridgehead atoms. The summed E-state index contributed by atoms with van der Waals surface area (Å²) in [6.07, 6.45) is 5.76. The molecule has 0 amide bonds. The molecule has 1 aromatic carbocycles. The first-order valence-electron chi connectivity index (χ1n) is 10.9. The SMILES string of the molecule is NCCc1ccc(-c2cnc(N)c(C(=O)Cc3cnccc3N3CCOCC3)n2)c(CO)c1. The van der Waals surface area contributed by atoms with Crippen molar-refractivity contribution in [3.63, 3.8) is 0 Å². The van der Waals surface area contributed by atoms with Crippen LogP contribution in [0.1, 0.15) is 27.2 Å². The van der Waals surface area contributed by atoms with Crippen LogP contribution in [0, 0.1) is 0 Å². The van der Waals surface area contributed by atoms with E-state index in [4.69, 9.17) is 16.2 Å². The standard InChI is InChI=1S/C24H28N6O3/c25-5-3-16-1-2-19(18(11-16)15-31)20-14-28-24(26)23(29-20)22(32)12-17-13-27-6-4-21(17)30-7-9-33-10-8-30/h1-2,4,6,11,13-14,31H,3,5,7-10,12,15,25H2,(H2,26,28). The molecule has 4 rings (SSSR count). The van der Waals surface area contributed by atoms with Crippen molar-refractivity contribution in [1.29, 1.82) is 0 Å². The molecule has 9 heteroatoms. The smallest absolute Gasteiger partial charge is 0.189 e. The largest absolute Gasteiger partial charge is 0.392 e. The maximum absolute atomic E-state index is 13.2. The van der Waals surface area contributed by atoms with Gasteiger partial charge in [-0.15, -0.1) is 0 Å². The summed E-state index contributed by atoms with van der Waals surface area (Å²) in [4.78, 5) is 28.4. The molecule has 5 N–H and O–H groups in total. The lowest BCUT2D eigenvalue weighted by Gasteiger charge is -2.30. The highest BCUT2D eigenvalue weighted by Crippen LogP contribution is 2.26. The van der Waals surface area contributed by atoms with Crippen LogP contribution in [0.25, 0.3) is 11.3 Å². The van der Waals surface area contributed by atoms with Crippen LogP contribution in [0.2, 0.25) is 0 Å². The third kappa shape index (κ3) is 5.16. The molecule has 33 heavy (non-hydrogen) atoms. The summed E-state index contributed by atoms with van der Waals surface area (Å²) in [5, 5.41) is 9.86. The molecule has 0 spiro atoms. The van der Waals surface area contributed by atoms with Gasteiger partial charge in [-0.2, -0.15) is 0 Å². The van der Waals surface area contributed by atoms with Crippen molar-refractivity contribution < 1.29 is 14.6 Å². The van der Waals surface area contributed by atoms with Crippen LogP contribution in [0.4, 0.5) is 11.5 Å². The predicted octanol–water partition coefficient (Wildman–Crippen LogP) is 1.38. The Balaban J connectivity index is 1.62. The number of rotatable bonds is 8. The Hall–Kier alpha value is -3.40. The van der Waals surface area contributed by atoms with E-state index in [1.807, 2.05) is 24.3 Å². The third-order valence-electron chi connectivity index (χ3n) is 5.69. The molecule has 3 aromatic rings. The van der Waals surface area contributed by atoms with Crippen molar-refractivity contribution >= 4 is 17.3 Å². The Labute approximate surface area is 192 Å². The molecule has 0 atom stereocenters. The normalized spacial score (nSPS) is 13.8. The van der Waals surface area contributed by atoms with Gasteiger partial charge in [-0.3, -0.25) is 9.78 Å². The Morgan fingerprint density at radius 3 is 2.73 bits per heavy atom. The summed E-state index contributed by atoms with van der Waals surface area (Å²) < 4.78 is 5.44. The fraction of sp³-hybridized carbons (Fsp3) is 0.333. The number of morpholine rings is 1. The molecule has 1 saturated heterocycles. The number of carbonyl (C=O) groups excluding carboxylic acids is 1. The van der Waals surface area contributed by atoms with E-state index in [1.54, 1.807) is 12.4 Å². The first kappa shape index (κ1) is 22.8. The van der Waals surface area contributed by atoms with Gasteiger partial charge in [-0.1, -0.05) is 18.2 Å². The highest BCUT2D eigenvalue weighted by molar-refractivity contribution is 6.00. The molecular formula is C24H28N6O3. The second-order valence-corrected chi connectivity index (χ2v) is 7.88. The predicted molar refractivity (Wildman–Crippen MR) is 126 cm³/mol. The zero-order chi connectivity index (χ0) is 23.2. The number of carbonyl (C=O) groups is 1. The molecule has 172 valence electrons. The minimum Gasteiger partial charge on any atom is -0.392 e. The summed E-state index contributed by atoms with van der Waals surface area (Å²) in [6, 6.07) is 7.61. The molecular weight excluding hydrogens is 420 g/mol. The van der Waals surface area contributed by atoms with Gasteiger partial charge in [0.25, 0.3) is 0 Å². The Bertz CT molecular complexity index is 1130. The summed E-state index contributed by atoms with van der Waals surface area (Å²) in [6.45, 7) is 3.16. The highest BCUT2D eigenvalue weighted by atomic mass is 16.5. The summed E-state index contributed by atoms with van der Waals surface area (Å²) in [5.41, 5.74) is 16.5. The van der Waals surface area contributed by atoms with Crippen molar-refractivity contribution in [3.05, 3.63) is 65.2 Å². The number of ketones is 1. The molecule has 0 radical (unpaired) electrons. The minimum atomic E-state index is -0.241. The van der Waals surface area contributed by atoms with Crippen LogP contribution >= 0.6 is 0 Å². The van der Waals surface area contributed by atoms with Crippen molar-refractivity contribution in [2.45, 2.75) is 19.4 Å². The average Bonchev–Trinajstić information content (AvgIpc) is 2.85. The van der Waals surface area contributed by atoms with Gasteiger partial charge in [0.2, 0.25) is 0 Å². The number of ether oxygens (including phenoxy) is 1. The number of anilines is 2. The number of nitrogens with zero attached hydrogens (tertiary/aromatic N) is 4. The summed E-state index contributed by atoms with van der Waals surface area (Å²) >= 11 is 0. The van der Waals surface area contributed by atoms with E-state index in [0.717, 1.165) is 29.9 Å². The van der Waals surface area contributed by atoms with Gasteiger partial charge in [0.15, 0.2) is 11.6 Å². The van der Waals surface area contributed by atoms with E-state index >= 15 is 0 Å². The van der Waals surface area contributed by atoms with Gasteiger partial charge >= 0.3 is 0 Å². The van der Waals surface area contributed by atoms with Crippen molar-refractivity contribution in [1.82, 2.24) is 15.0 Å². The van der Waals surface area contributed by atoms with Crippen molar-refractivity contribution in [2.24, 2.45) is 5.73 Å². The maximum atomic E-state index is 13.2. The van der Waals surface area contributed by atoms with Crippen LogP contribution in [0.5, 0.6) is 0 Å². The van der Waals surface area contributed by atoms with Crippen LogP contribution in [-0.4, -0.2) is 58.7 Å². The zero-order valence-electron chi connectivity index (χ0n) is 18.4. The number of aliphatic hydroxyl groups is 1. The topological polar surface area (TPSA) is 140 Å². The monoisotopic (exact) mass is 448 g/mol. The second-order valence-electron chi connectivity index (χ2n) is 7.88. The Kier molecular flexibility index (Phi) is 7.23. The summed E-state index contributed by atoms with van der Waals surface area (Å²) in [5.74, 6) is -0.166. The third-order valence-corrected chi connectivity index (χ3v) is 5.69. The van der Waals surface area contributed by atoms with E-state index in [1.165, 1.54) is 6.20 Å². The number of pyridine rings is 1. The maximum Gasteiger partial charge on any atom is 0.189 e. The quantitative estimate of drug-likeness (QED) is 0.436. The number of nitrogens with two attached hydrogens (primary N) is 2. The Morgan fingerprint density at radius 1 is 1.15 bits per heavy atom. The fourth-order valence-corrected chi connectivity index (χ4v) is 4.01. The van der Waals surface area contributed by atoms with Crippen molar-refractivity contribution in [2.75, 3.05) is 43.5 Å². The lowest BCUT2D eigenvalue weighted by Crippen LogP contribution is -2.37. The molecule has 0 unspecified atom stereocenters. The fourth-order valence-electron chi connectivity index (χ4n) is 4.01. The van der Waals surface area contributed by atoms with Gasteiger partial charge < -0.3 is 26.2 Å². The average molecular weight is 449 g/mol. The van der Waals surface area contributed by atoms with E-state index in [2.05, 4.69) is 19.9 Å². The van der Waals surface area contributed by atoms with Crippen molar-refractivity contribution in [3.8, 4) is 11.3 Å². The number of hydrogen-bond donors (Lipinski definition) is 3. The van der Waals surface area contributed by atoms with Crippen LogP contribution < -0.4 is 16.4 Å². The molecule has 0 saturated carbocycles. The number of aromatic nitrogens is 3. The van der Waals surface area contributed by atoms with E-state index < -0.39 is 0 Å². The van der Waals surface area contributed by atoms with Gasteiger partial charge in [-0.05, 0) is 30.2 Å². The van der Waals surface area contributed by atoms with E-state index in [9.17, 15) is 9.90 Å². The number of hydrogen-bond acceptors (Lipinski definition) is 9. The van der Waals surface area contributed by atoms with Gasteiger partial charge in [-0.25, -0.2) is 9.97 Å². The number of Topliss-reactive ketones (excluding diaryl/α,β-unsaturated/α-hetero) is 1. The van der Waals surface area contributed by atoms with Gasteiger partial charge in [0.05, 0.1) is 31.7 Å². The lowest BCUT2D eigenvalue weighted by atomic mass is 10.00. The molecule has 2 aromatic heterocycles. The molecule has 1 aliphatic heterocycles. The lowest BCUT2D eigenvalue weighted by molar-refractivity contribution is 0.0988. The molecule has 9 nitrogen and oxygen atoms in total. The van der Waals surface area contributed by atoms with Crippen LogP contribution in [0.3, 0.4) is 0 Å². The number of benzene rings is 1. The highest BCUT2D eigenvalue weighted by Gasteiger charge is 2.21. The summed E-state index contributed by atoms with van der Waals surface area (Å²) in [7, 11) is 0. The molecule has 0 aliphatic carbocycles. The van der Waals surface area contributed by atoms with Gasteiger partial charge in [0, 0.05) is 48.7 Å². The van der Waals surface area contributed by atoms with E-state index in [0.29, 0.717) is 43.0 Å². The van der Waals surface area contributed by atoms with E-state index in [-0.39, 0.29) is 30.3 Å². The molecule has 1 fully saturated rings. The van der Waals surface area contributed by atoms with Crippen LogP contribution in [-0.2, 0) is 24.2 Å². The first-order chi connectivity index (χ1) is 16.1. The zero-order valence-corrected chi connectivity index (χ0v) is 18.4. The first-order valence-corrected chi connectivity index (χ1v) is 10.9.